The van der Waals surface area contributed by atoms with E-state index in [1.54, 1.807) is 13.0 Å². The highest BCUT2D eigenvalue weighted by Crippen LogP contribution is 2.35. The maximum absolute atomic E-state index is 12.3. The highest BCUT2D eigenvalue weighted by molar-refractivity contribution is 6.31. The summed E-state index contributed by atoms with van der Waals surface area (Å²) >= 11 is 5.83. The van der Waals surface area contributed by atoms with Gasteiger partial charge >= 0.3 is 6.18 Å². The Balaban J connectivity index is 3.11. The van der Waals surface area contributed by atoms with Gasteiger partial charge in [-0.2, -0.15) is 13.2 Å². The van der Waals surface area contributed by atoms with Crippen LogP contribution in [-0.2, 0) is 0 Å². The molecule has 0 unspecified atom stereocenters. The third-order valence-corrected chi connectivity index (χ3v) is 2.47. The molecule has 0 atom stereocenters. The Morgan fingerprint density at radius 3 is 2.41 bits per heavy atom. The van der Waals surface area contributed by atoms with E-state index >= 15 is 0 Å². The van der Waals surface area contributed by atoms with Crippen molar-refractivity contribution in [2.45, 2.75) is 13.1 Å². The summed E-state index contributed by atoms with van der Waals surface area (Å²) in [5.74, 6) is 0.404. The van der Waals surface area contributed by atoms with Crippen molar-refractivity contribution in [3.05, 3.63) is 22.7 Å². The summed E-state index contributed by atoms with van der Waals surface area (Å²) in [6.07, 6.45) is -4.27. The zero-order valence-corrected chi connectivity index (χ0v) is 10.5. The molecule has 1 aromatic carbocycles. The Hall–Kier alpha value is -1.10. The van der Waals surface area contributed by atoms with E-state index in [-0.39, 0.29) is 0 Å². The molecule has 0 N–H and O–H groups in total. The molecule has 1 aromatic rings. The van der Waals surface area contributed by atoms with Crippen LogP contribution in [0.4, 0.5) is 18.9 Å². The lowest BCUT2D eigenvalue weighted by atomic mass is 10.2. The first-order valence-corrected chi connectivity index (χ1v) is 5.24. The zero-order chi connectivity index (χ0) is 13.2. The summed E-state index contributed by atoms with van der Waals surface area (Å²) in [6.45, 7) is 0.679. The normalized spacial score (nSPS) is 11.5. The Morgan fingerprint density at radius 1 is 1.35 bits per heavy atom. The van der Waals surface area contributed by atoms with Crippen LogP contribution in [0.2, 0.25) is 5.02 Å². The Morgan fingerprint density at radius 2 is 1.94 bits per heavy atom. The molecule has 17 heavy (non-hydrogen) atoms. The van der Waals surface area contributed by atoms with Gasteiger partial charge in [-0.3, -0.25) is 0 Å². The number of ether oxygens (including phenoxy) is 1. The molecule has 0 spiro atoms. The molecule has 1 rings (SSSR count). The van der Waals surface area contributed by atoms with Crippen LogP contribution < -0.4 is 9.64 Å². The minimum Gasteiger partial charge on any atom is -0.494 e. The van der Waals surface area contributed by atoms with Crippen LogP contribution in [0.1, 0.15) is 5.56 Å². The molecule has 0 radical (unpaired) electrons. The van der Waals surface area contributed by atoms with Gasteiger partial charge in [-0.1, -0.05) is 11.6 Å². The standard InChI is InChI=1S/C11H13ClF3NO/c1-7-4-8(12)5-9(10(7)17-3)16(2)6-11(13,14)15/h4-5H,6H2,1-3H3. The van der Waals surface area contributed by atoms with Gasteiger partial charge in [-0.25, -0.2) is 0 Å². The van der Waals surface area contributed by atoms with Crippen molar-refractivity contribution in [1.29, 1.82) is 0 Å². The maximum Gasteiger partial charge on any atom is 0.405 e. The largest absolute Gasteiger partial charge is 0.494 e. The highest BCUT2D eigenvalue weighted by atomic mass is 35.5. The van der Waals surface area contributed by atoms with Crippen molar-refractivity contribution in [1.82, 2.24) is 0 Å². The van der Waals surface area contributed by atoms with Gasteiger partial charge in [0.05, 0.1) is 12.8 Å². The maximum atomic E-state index is 12.3. The average Bonchev–Trinajstić information content (AvgIpc) is 2.13. The fourth-order valence-electron chi connectivity index (χ4n) is 1.62. The van der Waals surface area contributed by atoms with Crippen molar-refractivity contribution < 1.29 is 17.9 Å². The summed E-state index contributed by atoms with van der Waals surface area (Å²) in [5, 5.41) is 0.382. The Labute approximate surface area is 103 Å². The number of aryl methyl sites for hydroxylation is 1. The van der Waals surface area contributed by atoms with E-state index in [1.807, 2.05) is 0 Å². The number of rotatable bonds is 3. The summed E-state index contributed by atoms with van der Waals surface area (Å²) in [5.41, 5.74) is 1.03. The zero-order valence-electron chi connectivity index (χ0n) is 9.73. The number of halogens is 4. The van der Waals surface area contributed by atoms with Crippen molar-refractivity contribution in [3.63, 3.8) is 0 Å². The molecular weight excluding hydrogens is 255 g/mol. The number of nitrogens with zero attached hydrogens (tertiary/aromatic N) is 1. The molecule has 0 aliphatic heterocycles. The van der Waals surface area contributed by atoms with Gasteiger partial charge in [-0.05, 0) is 24.6 Å². The number of methoxy groups -OCH3 is 1. The van der Waals surface area contributed by atoms with E-state index in [4.69, 9.17) is 16.3 Å². The van der Waals surface area contributed by atoms with E-state index in [1.165, 1.54) is 20.2 Å². The van der Waals surface area contributed by atoms with Crippen LogP contribution in [0.15, 0.2) is 12.1 Å². The third-order valence-electron chi connectivity index (χ3n) is 2.25. The van der Waals surface area contributed by atoms with E-state index in [0.717, 1.165) is 4.90 Å². The summed E-state index contributed by atoms with van der Waals surface area (Å²) < 4.78 is 42.0. The van der Waals surface area contributed by atoms with Crippen LogP contribution in [0.25, 0.3) is 0 Å². The number of hydrogen-bond acceptors (Lipinski definition) is 2. The quantitative estimate of drug-likeness (QED) is 0.829. The summed E-state index contributed by atoms with van der Waals surface area (Å²) in [6, 6.07) is 3.10. The number of anilines is 1. The van der Waals surface area contributed by atoms with Crippen molar-refractivity contribution in [3.8, 4) is 5.75 Å². The first kappa shape index (κ1) is 14.0. The Kier molecular flexibility index (Phi) is 4.14. The molecule has 0 amide bonds. The van der Waals surface area contributed by atoms with Gasteiger partial charge in [0, 0.05) is 12.1 Å². The van der Waals surface area contributed by atoms with Crippen LogP contribution in [0.5, 0.6) is 5.75 Å². The van der Waals surface area contributed by atoms with Gasteiger partial charge in [0.1, 0.15) is 12.3 Å². The van der Waals surface area contributed by atoms with Gasteiger partial charge in [0.2, 0.25) is 0 Å². The lowest BCUT2D eigenvalue weighted by molar-refractivity contribution is -0.119. The monoisotopic (exact) mass is 267 g/mol. The second-order valence-corrected chi connectivity index (χ2v) is 4.18. The van der Waals surface area contributed by atoms with Crippen LogP contribution in [0.3, 0.4) is 0 Å². The molecule has 96 valence electrons. The third kappa shape index (κ3) is 3.70. The molecule has 0 heterocycles. The van der Waals surface area contributed by atoms with Crippen LogP contribution >= 0.6 is 11.6 Å². The van der Waals surface area contributed by atoms with E-state index in [2.05, 4.69) is 0 Å². The molecule has 0 saturated heterocycles. The Bertz CT molecular complexity index is 406. The molecule has 0 saturated carbocycles. The predicted molar refractivity (Wildman–Crippen MR) is 62.1 cm³/mol. The van der Waals surface area contributed by atoms with Crippen LogP contribution in [0, 0.1) is 6.92 Å². The SMILES string of the molecule is COc1c(C)cc(Cl)cc1N(C)CC(F)(F)F. The van der Waals surface area contributed by atoms with Gasteiger partial charge in [0.15, 0.2) is 0 Å². The molecule has 0 fully saturated rings. The molecule has 6 heteroatoms. The number of benzene rings is 1. The van der Waals surface area contributed by atoms with E-state index in [0.29, 0.717) is 22.0 Å². The lowest BCUT2D eigenvalue weighted by Crippen LogP contribution is -2.31. The fraction of sp³-hybridized carbons (Fsp3) is 0.455. The molecule has 0 aromatic heterocycles. The highest BCUT2D eigenvalue weighted by Gasteiger charge is 2.30. The van der Waals surface area contributed by atoms with Gasteiger partial charge in [0.25, 0.3) is 0 Å². The van der Waals surface area contributed by atoms with Gasteiger partial charge < -0.3 is 9.64 Å². The smallest absolute Gasteiger partial charge is 0.405 e. The first-order valence-electron chi connectivity index (χ1n) is 4.86. The van der Waals surface area contributed by atoms with Gasteiger partial charge in [-0.15, -0.1) is 0 Å². The summed E-state index contributed by atoms with van der Waals surface area (Å²) in [7, 11) is 2.77. The van der Waals surface area contributed by atoms with E-state index in [9.17, 15) is 13.2 Å². The second-order valence-electron chi connectivity index (χ2n) is 3.75. The summed E-state index contributed by atoms with van der Waals surface area (Å²) in [4.78, 5) is 1.07. The predicted octanol–water partition coefficient (Wildman–Crippen LogP) is 3.66. The van der Waals surface area contributed by atoms with Crippen molar-refractivity contribution in [2.75, 3.05) is 25.6 Å². The fourth-order valence-corrected chi connectivity index (χ4v) is 1.88. The minimum atomic E-state index is -4.27. The van der Waals surface area contributed by atoms with Crippen molar-refractivity contribution >= 4 is 17.3 Å². The number of hydrogen-bond donors (Lipinski definition) is 0. The molecule has 0 aliphatic carbocycles. The van der Waals surface area contributed by atoms with Crippen molar-refractivity contribution in [2.24, 2.45) is 0 Å². The van der Waals surface area contributed by atoms with Crippen LogP contribution in [-0.4, -0.2) is 26.9 Å². The first-order chi connectivity index (χ1) is 7.74. The minimum absolute atomic E-state index is 0.329. The number of alkyl halides is 3. The topological polar surface area (TPSA) is 12.5 Å². The molecule has 2 nitrogen and oxygen atoms in total. The molecular formula is C11H13ClF3NO. The molecule has 0 aliphatic rings. The lowest BCUT2D eigenvalue weighted by Gasteiger charge is -2.24. The average molecular weight is 268 g/mol. The molecule has 0 bridgehead atoms. The van der Waals surface area contributed by atoms with E-state index < -0.39 is 12.7 Å². The second kappa shape index (κ2) is 5.04.